The molecule has 2 bridgehead atoms. The van der Waals surface area contributed by atoms with Gasteiger partial charge in [-0.1, -0.05) is 0 Å². The Morgan fingerprint density at radius 3 is 3.00 bits per heavy atom. The number of likely N-dealkylation sites (tertiary alicyclic amines) is 1. The molecule has 1 aromatic rings. The first-order chi connectivity index (χ1) is 10.5. The van der Waals surface area contributed by atoms with Crippen molar-refractivity contribution in [2.45, 2.75) is 48.8 Å². The van der Waals surface area contributed by atoms with Crippen LogP contribution in [-0.2, 0) is 16.6 Å². The third-order valence-corrected chi connectivity index (χ3v) is 6.55. The number of benzene rings is 1. The average molecular weight is 301 g/mol. The third kappa shape index (κ3) is 1.13. The largest absolute Gasteiger partial charge is 0.508 e. The van der Waals surface area contributed by atoms with Crippen LogP contribution < -0.4 is 4.74 Å². The maximum absolute atomic E-state index is 12.5. The van der Waals surface area contributed by atoms with E-state index >= 15 is 0 Å². The first kappa shape index (κ1) is 12.9. The van der Waals surface area contributed by atoms with Gasteiger partial charge in [-0.15, -0.1) is 0 Å². The molecular weight excluding hydrogens is 282 g/mol. The van der Waals surface area contributed by atoms with Crippen molar-refractivity contribution in [2.24, 2.45) is 0 Å². The third-order valence-electron chi connectivity index (χ3n) is 6.55. The Hall–Kier alpha value is -1.59. The number of aliphatic hydroxyl groups is 1. The molecule has 0 aromatic heterocycles. The van der Waals surface area contributed by atoms with Crippen LogP contribution >= 0.6 is 0 Å². The molecule has 4 atom stereocenters. The lowest BCUT2D eigenvalue weighted by atomic mass is 9.49. The first-order valence-electron chi connectivity index (χ1n) is 7.96. The summed E-state index contributed by atoms with van der Waals surface area (Å²) in [5, 5.41) is 22.0. The molecule has 5 nitrogen and oxygen atoms in total. The molecule has 3 unspecified atom stereocenters. The number of likely N-dealkylation sites (N-methyl/N-ethyl adjacent to an activating group) is 1. The Balaban J connectivity index is 1.88. The van der Waals surface area contributed by atoms with E-state index < -0.39 is 17.1 Å². The van der Waals surface area contributed by atoms with E-state index in [1.54, 1.807) is 12.1 Å². The van der Waals surface area contributed by atoms with E-state index in [9.17, 15) is 15.0 Å². The average Bonchev–Trinajstić information content (AvgIpc) is 2.83. The highest BCUT2D eigenvalue weighted by Crippen LogP contribution is 2.64. The lowest BCUT2D eigenvalue weighted by Crippen LogP contribution is -2.76. The molecule has 4 aliphatic rings. The number of carbonyl (C=O) groups is 1. The Morgan fingerprint density at radius 2 is 2.18 bits per heavy atom. The summed E-state index contributed by atoms with van der Waals surface area (Å²) in [7, 11) is 2.02. The van der Waals surface area contributed by atoms with E-state index in [1.807, 2.05) is 7.05 Å². The number of phenolic OH excluding ortho intramolecular Hbond substituents is 1. The predicted octanol–water partition coefficient (Wildman–Crippen LogP) is 0.745. The van der Waals surface area contributed by atoms with Crippen LogP contribution in [0.5, 0.6) is 11.5 Å². The molecule has 2 N–H and O–H groups in total. The number of aromatic hydroxyl groups is 1. The van der Waals surface area contributed by atoms with Gasteiger partial charge < -0.3 is 19.8 Å². The lowest BCUT2D eigenvalue weighted by Gasteiger charge is -2.61. The molecule has 22 heavy (non-hydrogen) atoms. The number of hydrogen-bond donors (Lipinski definition) is 2. The molecular formula is C17H19NO4. The number of phenols is 1. The van der Waals surface area contributed by atoms with Crippen molar-refractivity contribution in [1.82, 2.24) is 4.90 Å². The topological polar surface area (TPSA) is 70.0 Å². The second kappa shape index (κ2) is 3.66. The Kier molecular flexibility index (Phi) is 2.15. The second-order valence-electron chi connectivity index (χ2n) is 7.25. The molecule has 2 aliphatic carbocycles. The summed E-state index contributed by atoms with van der Waals surface area (Å²) in [5.41, 5.74) is 0.125. The molecule has 0 amide bonds. The van der Waals surface area contributed by atoms with Crippen LogP contribution in [0.25, 0.3) is 0 Å². The van der Waals surface area contributed by atoms with Crippen molar-refractivity contribution in [3.63, 3.8) is 0 Å². The van der Waals surface area contributed by atoms with Crippen LogP contribution in [0.4, 0.5) is 0 Å². The molecule has 1 aromatic carbocycles. The SMILES string of the molecule is CN1CC[C@@]23c4c5ccc(O)c4CC1C2(O)CCC(=O)C3O5. The van der Waals surface area contributed by atoms with Crippen molar-refractivity contribution in [3.8, 4) is 11.5 Å². The molecule has 5 heteroatoms. The molecule has 2 aliphatic heterocycles. The van der Waals surface area contributed by atoms with Crippen molar-refractivity contribution in [2.75, 3.05) is 13.6 Å². The number of carbonyl (C=O) groups excluding carboxylic acids is 1. The van der Waals surface area contributed by atoms with Gasteiger partial charge in [0.2, 0.25) is 0 Å². The minimum Gasteiger partial charge on any atom is -0.508 e. The van der Waals surface area contributed by atoms with E-state index in [0.717, 1.165) is 17.7 Å². The van der Waals surface area contributed by atoms with E-state index in [4.69, 9.17) is 4.74 Å². The summed E-state index contributed by atoms with van der Waals surface area (Å²) in [6.45, 7) is 0.828. The molecule has 1 spiro atoms. The van der Waals surface area contributed by atoms with Gasteiger partial charge in [0, 0.05) is 23.6 Å². The Labute approximate surface area is 128 Å². The first-order valence-corrected chi connectivity index (χ1v) is 7.96. The Morgan fingerprint density at radius 1 is 1.36 bits per heavy atom. The normalized spacial score (nSPS) is 42.0. The predicted molar refractivity (Wildman–Crippen MR) is 78.1 cm³/mol. The number of nitrogens with zero attached hydrogens (tertiary/aromatic N) is 1. The fourth-order valence-corrected chi connectivity index (χ4v) is 5.55. The number of ketones is 1. The molecule has 2 heterocycles. The van der Waals surface area contributed by atoms with E-state index in [1.165, 1.54) is 0 Å². The van der Waals surface area contributed by atoms with Gasteiger partial charge >= 0.3 is 0 Å². The highest BCUT2D eigenvalue weighted by atomic mass is 16.5. The Bertz CT molecular complexity index is 717. The van der Waals surface area contributed by atoms with Gasteiger partial charge in [-0.25, -0.2) is 0 Å². The number of Topliss-reactive ketones (excluding diaryl/α,β-unsaturated/α-hetero) is 1. The smallest absolute Gasteiger partial charge is 0.174 e. The zero-order valence-corrected chi connectivity index (χ0v) is 12.5. The monoisotopic (exact) mass is 301 g/mol. The molecule has 2 fully saturated rings. The molecule has 5 rings (SSSR count). The van der Waals surface area contributed by atoms with Crippen LogP contribution in [0.2, 0.25) is 0 Å². The van der Waals surface area contributed by atoms with E-state index in [-0.39, 0.29) is 17.6 Å². The van der Waals surface area contributed by atoms with Crippen molar-refractivity contribution >= 4 is 5.78 Å². The summed E-state index contributed by atoms with van der Waals surface area (Å²) in [6.07, 6.45) is 1.54. The van der Waals surface area contributed by atoms with Gasteiger partial charge in [0.15, 0.2) is 11.9 Å². The molecule has 116 valence electrons. The lowest BCUT2D eigenvalue weighted by molar-refractivity contribution is -0.185. The zero-order chi connectivity index (χ0) is 15.3. The van der Waals surface area contributed by atoms with Crippen LogP contribution in [0, 0.1) is 0 Å². The maximum atomic E-state index is 12.5. The quantitative estimate of drug-likeness (QED) is 0.740. The summed E-state index contributed by atoms with van der Waals surface area (Å²) < 4.78 is 6.01. The van der Waals surface area contributed by atoms with Crippen molar-refractivity contribution in [1.29, 1.82) is 0 Å². The van der Waals surface area contributed by atoms with Crippen LogP contribution in [0.3, 0.4) is 0 Å². The fraction of sp³-hybridized carbons (Fsp3) is 0.588. The number of piperidine rings is 1. The molecule has 1 saturated heterocycles. The molecule has 1 saturated carbocycles. The number of hydrogen-bond acceptors (Lipinski definition) is 5. The van der Waals surface area contributed by atoms with Gasteiger partial charge in [-0.05, 0) is 45.0 Å². The van der Waals surface area contributed by atoms with E-state index in [2.05, 4.69) is 4.90 Å². The van der Waals surface area contributed by atoms with Crippen molar-refractivity contribution < 1.29 is 19.7 Å². The summed E-state index contributed by atoms with van der Waals surface area (Å²) in [4.78, 5) is 14.7. The van der Waals surface area contributed by atoms with Gasteiger partial charge in [0.05, 0.1) is 11.0 Å². The van der Waals surface area contributed by atoms with Crippen molar-refractivity contribution in [3.05, 3.63) is 23.3 Å². The van der Waals surface area contributed by atoms with Crippen LogP contribution in [-0.4, -0.2) is 52.2 Å². The van der Waals surface area contributed by atoms with Gasteiger partial charge in [0.1, 0.15) is 11.5 Å². The minimum atomic E-state index is -0.954. The summed E-state index contributed by atoms with van der Waals surface area (Å²) >= 11 is 0. The highest BCUT2D eigenvalue weighted by molar-refractivity contribution is 5.89. The summed E-state index contributed by atoms with van der Waals surface area (Å²) in [6, 6.07) is 3.31. The second-order valence-corrected chi connectivity index (χ2v) is 7.25. The van der Waals surface area contributed by atoms with Gasteiger partial charge in [0.25, 0.3) is 0 Å². The number of ether oxygens (including phenoxy) is 1. The maximum Gasteiger partial charge on any atom is 0.174 e. The fourth-order valence-electron chi connectivity index (χ4n) is 5.55. The van der Waals surface area contributed by atoms with Gasteiger partial charge in [-0.2, -0.15) is 0 Å². The zero-order valence-electron chi connectivity index (χ0n) is 12.5. The van der Waals surface area contributed by atoms with E-state index in [0.29, 0.717) is 31.4 Å². The number of rotatable bonds is 0. The standard InChI is InChI=1S/C17H19NO4/c1-18-7-6-16-14-9-8-13(18)17(16,21)5-4-11(20)15(16)22-12(14)3-2-10(9)19/h2-3,13,15,19,21H,4-8H2,1H3/t13?,15?,16-,17?/m0/s1. The van der Waals surface area contributed by atoms with Gasteiger partial charge in [-0.3, -0.25) is 4.79 Å². The molecule has 0 radical (unpaired) electrons. The minimum absolute atomic E-state index is 0.0767. The van der Waals surface area contributed by atoms with Crippen LogP contribution in [0.15, 0.2) is 12.1 Å². The summed E-state index contributed by atoms with van der Waals surface area (Å²) in [5.74, 6) is 1.01. The highest BCUT2D eigenvalue weighted by Gasteiger charge is 2.72. The van der Waals surface area contributed by atoms with Crippen LogP contribution in [0.1, 0.15) is 30.4 Å².